The van der Waals surface area contributed by atoms with Crippen LogP contribution in [0.1, 0.15) is 17.0 Å². The van der Waals surface area contributed by atoms with E-state index in [1.807, 2.05) is 24.3 Å². The van der Waals surface area contributed by atoms with Crippen molar-refractivity contribution in [2.24, 2.45) is 0 Å². The molecule has 1 aliphatic rings. The maximum atomic E-state index is 14.0. The number of imidazole rings is 1. The van der Waals surface area contributed by atoms with Gasteiger partial charge in [-0.3, -0.25) is 4.79 Å². The number of aromatic amines is 1. The summed E-state index contributed by atoms with van der Waals surface area (Å²) in [5, 5.41) is 10.7. The number of fused-ring (bicyclic) bond motifs is 2. The molecule has 5 nitrogen and oxygen atoms in total. The molecular formula is C22H16FN3O2. The van der Waals surface area contributed by atoms with Crippen molar-refractivity contribution in [1.29, 1.82) is 0 Å². The molecule has 2 heterocycles. The maximum absolute atomic E-state index is 14.0. The van der Waals surface area contributed by atoms with Gasteiger partial charge in [0.2, 0.25) is 5.91 Å². The molecule has 28 heavy (non-hydrogen) atoms. The van der Waals surface area contributed by atoms with Crippen molar-refractivity contribution in [2.75, 3.05) is 11.9 Å². The highest BCUT2D eigenvalue weighted by molar-refractivity contribution is 6.12. The van der Waals surface area contributed by atoms with Crippen molar-refractivity contribution >= 4 is 22.6 Å². The Labute approximate surface area is 160 Å². The van der Waals surface area contributed by atoms with Crippen LogP contribution in [0.15, 0.2) is 66.7 Å². The van der Waals surface area contributed by atoms with Gasteiger partial charge in [-0.05, 0) is 30.3 Å². The van der Waals surface area contributed by atoms with Gasteiger partial charge >= 0.3 is 0 Å². The third kappa shape index (κ3) is 2.00. The lowest BCUT2D eigenvalue weighted by atomic mass is 9.74. The van der Waals surface area contributed by atoms with E-state index in [9.17, 15) is 14.3 Å². The van der Waals surface area contributed by atoms with Gasteiger partial charge in [0, 0.05) is 18.2 Å². The number of carbonyl (C=O) groups excluding carboxylic acids is 1. The lowest BCUT2D eigenvalue weighted by molar-refractivity contribution is -0.120. The molecule has 2 N–H and O–H groups in total. The van der Waals surface area contributed by atoms with E-state index < -0.39 is 11.2 Å². The number of nitrogens with zero attached hydrogens (tertiary/aromatic N) is 2. The predicted molar refractivity (Wildman–Crippen MR) is 104 cm³/mol. The van der Waals surface area contributed by atoms with Crippen molar-refractivity contribution in [3.05, 3.63) is 89.5 Å². The molecule has 0 radical (unpaired) electrons. The van der Waals surface area contributed by atoms with Crippen LogP contribution in [0.3, 0.4) is 0 Å². The molecule has 1 aromatic heterocycles. The summed E-state index contributed by atoms with van der Waals surface area (Å²) in [6.07, 6.45) is 0. The number of amides is 1. The number of para-hydroxylation sites is 3. The fourth-order valence-corrected chi connectivity index (χ4v) is 4.11. The Morgan fingerprint density at radius 3 is 2.57 bits per heavy atom. The van der Waals surface area contributed by atoms with E-state index in [-0.39, 0.29) is 11.7 Å². The average Bonchev–Trinajstić information content (AvgIpc) is 3.22. The summed E-state index contributed by atoms with van der Waals surface area (Å²) in [7, 11) is 1.60. The van der Waals surface area contributed by atoms with Gasteiger partial charge in [0.25, 0.3) is 0 Å². The number of rotatable bonds is 2. The van der Waals surface area contributed by atoms with E-state index in [0.29, 0.717) is 28.2 Å². The van der Waals surface area contributed by atoms with E-state index in [0.717, 1.165) is 5.52 Å². The second-order valence-corrected chi connectivity index (χ2v) is 6.90. The zero-order chi connectivity index (χ0) is 19.5. The van der Waals surface area contributed by atoms with Crippen LogP contribution >= 0.6 is 0 Å². The number of phenolic OH excluding ortho intramolecular Hbond substituents is 1. The lowest BCUT2D eigenvalue weighted by Crippen LogP contribution is -2.41. The summed E-state index contributed by atoms with van der Waals surface area (Å²) in [5.41, 5.74) is 1.51. The third-order valence-corrected chi connectivity index (χ3v) is 5.40. The molecular weight excluding hydrogens is 357 g/mol. The topological polar surface area (TPSA) is 69.2 Å². The molecule has 6 heteroatoms. The van der Waals surface area contributed by atoms with Crippen LogP contribution in [0, 0.1) is 5.82 Å². The molecule has 3 aromatic carbocycles. The number of hydrogen-bond donors (Lipinski definition) is 2. The van der Waals surface area contributed by atoms with E-state index in [2.05, 4.69) is 9.97 Å². The van der Waals surface area contributed by atoms with Gasteiger partial charge in [-0.15, -0.1) is 0 Å². The second-order valence-electron chi connectivity index (χ2n) is 6.90. The first-order valence-electron chi connectivity index (χ1n) is 8.85. The smallest absolute Gasteiger partial charge is 0.249 e. The van der Waals surface area contributed by atoms with Crippen LogP contribution in [0.2, 0.25) is 0 Å². The third-order valence-electron chi connectivity index (χ3n) is 5.40. The van der Waals surface area contributed by atoms with Crippen LogP contribution in [0.25, 0.3) is 11.0 Å². The number of phenols is 1. The van der Waals surface area contributed by atoms with E-state index in [4.69, 9.17) is 0 Å². The standard InChI is InChI=1S/C22H16FN3O2/c1-26-18-12-13(23)10-11-14(18)22(21(26)28,15-6-2-5-9-19(15)27)20-24-16-7-3-4-8-17(16)25-20/h2-12,27H,1H3,(H,24,25). The van der Waals surface area contributed by atoms with Crippen molar-refractivity contribution in [3.8, 4) is 5.75 Å². The summed E-state index contributed by atoms with van der Waals surface area (Å²) >= 11 is 0. The highest BCUT2D eigenvalue weighted by Crippen LogP contribution is 2.51. The average molecular weight is 373 g/mol. The summed E-state index contributed by atoms with van der Waals surface area (Å²) < 4.78 is 14.0. The van der Waals surface area contributed by atoms with E-state index >= 15 is 0 Å². The molecule has 1 unspecified atom stereocenters. The Bertz CT molecular complexity index is 1220. The molecule has 1 atom stereocenters. The number of nitrogens with one attached hydrogen (secondary N) is 1. The first-order chi connectivity index (χ1) is 13.5. The highest BCUT2D eigenvalue weighted by Gasteiger charge is 2.55. The molecule has 138 valence electrons. The fourth-order valence-electron chi connectivity index (χ4n) is 4.11. The van der Waals surface area contributed by atoms with Gasteiger partial charge in [-0.2, -0.15) is 0 Å². The molecule has 5 rings (SSSR count). The van der Waals surface area contributed by atoms with Crippen LogP contribution in [-0.2, 0) is 10.2 Å². The number of aromatic hydroxyl groups is 1. The maximum Gasteiger partial charge on any atom is 0.249 e. The Kier molecular flexibility index (Phi) is 3.34. The van der Waals surface area contributed by atoms with Crippen molar-refractivity contribution in [2.45, 2.75) is 5.41 Å². The van der Waals surface area contributed by atoms with Crippen LogP contribution in [-0.4, -0.2) is 28.0 Å². The number of benzene rings is 3. The molecule has 0 fully saturated rings. The number of H-pyrrole nitrogens is 1. The molecule has 0 spiro atoms. The van der Waals surface area contributed by atoms with E-state index in [1.165, 1.54) is 23.1 Å². The number of aromatic nitrogens is 2. The Balaban J connectivity index is 1.93. The van der Waals surface area contributed by atoms with Crippen molar-refractivity contribution < 1.29 is 14.3 Å². The van der Waals surface area contributed by atoms with Crippen molar-refractivity contribution in [3.63, 3.8) is 0 Å². The minimum atomic E-state index is -1.40. The monoisotopic (exact) mass is 373 g/mol. The van der Waals surface area contributed by atoms with Crippen LogP contribution in [0.4, 0.5) is 10.1 Å². The minimum absolute atomic E-state index is 0.0260. The fraction of sp³-hybridized carbons (Fsp3) is 0.0909. The lowest BCUT2D eigenvalue weighted by Gasteiger charge is -2.27. The normalized spacial score (nSPS) is 18.6. The molecule has 1 aliphatic heterocycles. The number of halogens is 1. The zero-order valence-corrected chi connectivity index (χ0v) is 15.0. The Morgan fingerprint density at radius 2 is 1.79 bits per heavy atom. The van der Waals surface area contributed by atoms with Gasteiger partial charge in [0.15, 0.2) is 5.41 Å². The summed E-state index contributed by atoms with van der Waals surface area (Å²) in [4.78, 5) is 23.0. The number of likely N-dealkylation sites (N-methyl/N-ethyl adjacent to an activating group) is 1. The molecule has 0 saturated heterocycles. The number of hydrogen-bond acceptors (Lipinski definition) is 3. The summed E-state index contributed by atoms with van der Waals surface area (Å²) in [6, 6.07) is 18.4. The van der Waals surface area contributed by atoms with Gasteiger partial charge < -0.3 is 15.0 Å². The summed E-state index contributed by atoms with van der Waals surface area (Å²) in [5.74, 6) is -0.385. The molecule has 0 bridgehead atoms. The molecule has 0 aliphatic carbocycles. The quantitative estimate of drug-likeness (QED) is 0.563. The predicted octanol–water partition coefficient (Wildman–Crippen LogP) is 3.72. The first kappa shape index (κ1) is 16.5. The Morgan fingerprint density at radius 1 is 1.04 bits per heavy atom. The van der Waals surface area contributed by atoms with Gasteiger partial charge in [-0.1, -0.05) is 36.4 Å². The van der Waals surface area contributed by atoms with E-state index in [1.54, 1.807) is 31.3 Å². The zero-order valence-electron chi connectivity index (χ0n) is 15.0. The van der Waals surface area contributed by atoms with Gasteiger partial charge in [-0.25, -0.2) is 9.37 Å². The van der Waals surface area contributed by atoms with Gasteiger partial charge in [0.1, 0.15) is 17.4 Å². The molecule has 4 aromatic rings. The minimum Gasteiger partial charge on any atom is -0.508 e. The summed E-state index contributed by atoms with van der Waals surface area (Å²) in [6.45, 7) is 0. The molecule has 0 saturated carbocycles. The molecule has 1 amide bonds. The largest absolute Gasteiger partial charge is 0.508 e. The highest BCUT2D eigenvalue weighted by atomic mass is 19.1. The SMILES string of the molecule is CN1C(=O)C(c2nc3ccccc3[nH]2)(c2ccccc2O)c2ccc(F)cc21. The van der Waals surface area contributed by atoms with Crippen LogP contribution < -0.4 is 4.90 Å². The number of anilines is 1. The Hall–Kier alpha value is -3.67. The van der Waals surface area contributed by atoms with Crippen LogP contribution in [0.5, 0.6) is 5.75 Å². The van der Waals surface area contributed by atoms with Gasteiger partial charge in [0.05, 0.1) is 16.7 Å². The second kappa shape index (κ2) is 5.66. The van der Waals surface area contributed by atoms with Crippen molar-refractivity contribution in [1.82, 2.24) is 9.97 Å². The first-order valence-corrected chi connectivity index (χ1v) is 8.85. The number of carbonyl (C=O) groups is 1.